The highest BCUT2D eigenvalue weighted by Crippen LogP contribution is 2.17. The Bertz CT molecular complexity index is 2390. The van der Waals surface area contributed by atoms with Crippen molar-refractivity contribution in [2.45, 2.75) is 296 Å². The second-order valence-electron chi connectivity index (χ2n) is 26.6. The van der Waals surface area contributed by atoms with Gasteiger partial charge >= 0.3 is 17.9 Å². The normalized spacial score (nSPS) is 13.8. The van der Waals surface area contributed by atoms with Crippen LogP contribution in [0.5, 0.6) is 0 Å². The molecule has 0 spiro atoms. The first-order valence-corrected chi connectivity index (χ1v) is 39.2. The number of esters is 2. The summed E-state index contributed by atoms with van der Waals surface area (Å²) >= 11 is 0. The molecule has 0 bridgehead atoms. The van der Waals surface area contributed by atoms with Gasteiger partial charge in [-0.1, -0.05) is 330 Å². The molecule has 0 aromatic carbocycles. The summed E-state index contributed by atoms with van der Waals surface area (Å²) in [6.45, 7) is 4.61. The molecule has 0 aromatic rings. The summed E-state index contributed by atoms with van der Waals surface area (Å²) < 4.78 is 23.0. The maximum absolute atomic E-state index is 13.0. The van der Waals surface area contributed by atoms with Crippen LogP contribution in [0.2, 0.25) is 0 Å². The van der Waals surface area contributed by atoms with Crippen LogP contribution >= 0.6 is 0 Å². The number of rotatable bonds is 70. The van der Waals surface area contributed by atoms with E-state index in [2.05, 4.69) is 220 Å². The zero-order chi connectivity index (χ0) is 71.8. The quantitative estimate of drug-likeness (QED) is 0.0211. The van der Waals surface area contributed by atoms with E-state index in [1.807, 2.05) is 21.1 Å². The van der Waals surface area contributed by atoms with Crippen molar-refractivity contribution in [3.05, 3.63) is 207 Å². The van der Waals surface area contributed by atoms with Gasteiger partial charge in [0.15, 0.2) is 6.10 Å². The molecule has 99 heavy (non-hydrogen) atoms. The van der Waals surface area contributed by atoms with Crippen molar-refractivity contribution in [1.29, 1.82) is 0 Å². The third kappa shape index (κ3) is 79.1. The van der Waals surface area contributed by atoms with Crippen LogP contribution in [0.25, 0.3) is 0 Å². The summed E-state index contributed by atoms with van der Waals surface area (Å²) in [4.78, 5) is 37.7. The van der Waals surface area contributed by atoms with Gasteiger partial charge in [0.1, 0.15) is 13.2 Å². The van der Waals surface area contributed by atoms with Crippen molar-refractivity contribution in [3.63, 3.8) is 0 Å². The Hall–Kier alpha value is -6.13. The number of unbranched alkanes of at least 4 members (excludes halogenated alkanes) is 21. The van der Waals surface area contributed by atoms with Crippen LogP contribution in [-0.4, -0.2) is 87.4 Å². The summed E-state index contributed by atoms with van der Waals surface area (Å²) in [5.74, 6) is -2.05. The van der Waals surface area contributed by atoms with Gasteiger partial charge in [-0.05, 0) is 148 Å². The largest absolute Gasteiger partial charge is 0.477 e. The molecule has 9 nitrogen and oxygen atoms in total. The maximum atomic E-state index is 13.0. The first kappa shape index (κ1) is 92.9. The molecule has 0 saturated heterocycles. The average molecular weight is 1370 g/mol. The van der Waals surface area contributed by atoms with E-state index in [0.717, 1.165) is 154 Å². The number of aliphatic carboxylic acids is 1. The molecule has 0 aromatic heterocycles. The maximum Gasteiger partial charge on any atom is 0.361 e. The number of allylic oxidation sites excluding steroid dienone is 34. The summed E-state index contributed by atoms with van der Waals surface area (Å²) in [5, 5.41) is 9.77. The van der Waals surface area contributed by atoms with Gasteiger partial charge in [-0.3, -0.25) is 9.59 Å². The highest BCUT2D eigenvalue weighted by Gasteiger charge is 2.25. The molecule has 0 radical (unpaired) electrons. The van der Waals surface area contributed by atoms with Crippen molar-refractivity contribution >= 4 is 17.9 Å². The van der Waals surface area contributed by atoms with Crippen molar-refractivity contribution in [3.8, 4) is 0 Å². The number of ether oxygens (including phenoxy) is 4. The molecule has 1 N–H and O–H groups in total. The first-order chi connectivity index (χ1) is 48.6. The topological polar surface area (TPSA) is 108 Å². The number of carboxylic acids is 1. The Morgan fingerprint density at radius 1 is 0.303 bits per heavy atom. The molecular weight excluding hydrogens is 1220 g/mol. The zero-order valence-corrected chi connectivity index (χ0v) is 63.6. The first-order valence-electron chi connectivity index (χ1n) is 39.2. The minimum absolute atomic E-state index is 0.173. The standard InChI is InChI=1S/C90H143NO8/c1-6-8-10-12-14-16-18-20-22-24-26-28-30-32-34-36-38-40-41-42-43-44-45-46-47-49-51-53-55-57-59-61-63-65-67-69-71-73-75-77-79-81-88(93)99-86(85-98-90(89(94)95)96-83-82-91(3,4)5)84-97-87(92)80-78-76-74-72-70-68-66-64-62-60-58-56-54-52-50-48-39-37-35-33-31-29-27-25-23-21-19-17-15-13-11-9-7-2/h8-11,14-17,20-23,26-29,32-35,38,40,42-43,45-46,49,51,55,57,61,63,67,69,86,90H,6-7,12-13,18-19,24-25,30-31,36-37,39,41,44,47-48,50,52-54,56,58-60,62,64-66,68,70-85H2,1-5H3/p+1/b10-8-,11-9-,16-14-,17-15-,22-20-,23-21-,28-26-,29-27-,34-32-,35-33-,40-38-,43-42-,46-45-,51-49-,57-55-,63-61-,69-67-. The highest BCUT2D eigenvalue weighted by molar-refractivity contribution is 5.71. The van der Waals surface area contributed by atoms with Crippen LogP contribution in [0, 0.1) is 0 Å². The van der Waals surface area contributed by atoms with Gasteiger partial charge < -0.3 is 28.5 Å². The van der Waals surface area contributed by atoms with E-state index in [0.29, 0.717) is 17.4 Å². The Kier molecular flexibility index (Phi) is 72.8. The summed E-state index contributed by atoms with van der Waals surface area (Å²) in [6.07, 6.45) is 118. The summed E-state index contributed by atoms with van der Waals surface area (Å²) in [5.41, 5.74) is 0. The third-order valence-corrected chi connectivity index (χ3v) is 16.0. The Morgan fingerprint density at radius 3 is 0.808 bits per heavy atom. The predicted octanol–water partition coefficient (Wildman–Crippen LogP) is 25.5. The van der Waals surface area contributed by atoms with Gasteiger partial charge in [0.25, 0.3) is 6.29 Å². The van der Waals surface area contributed by atoms with Gasteiger partial charge in [0, 0.05) is 12.8 Å². The lowest BCUT2D eigenvalue weighted by molar-refractivity contribution is -0.870. The summed E-state index contributed by atoms with van der Waals surface area (Å²) in [7, 11) is 5.96. The smallest absolute Gasteiger partial charge is 0.361 e. The molecule has 9 heteroatoms. The zero-order valence-electron chi connectivity index (χ0n) is 63.6. The van der Waals surface area contributed by atoms with Crippen LogP contribution in [0.4, 0.5) is 0 Å². The highest BCUT2D eigenvalue weighted by atomic mass is 16.7. The minimum atomic E-state index is -1.53. The fourth-order valence-corrected chi connectivity index (χ4v) is 10.1. The number of likely N-dealkylation sites (N-methyl/N-ethyl adjacent to an activating group) is 1. The fourth-order valence-electron chi connectivity index (χ4n) is 10.1. The van der Waals surface area contributed by atoms with E-state index in [4.69, 9.17) is 18.9 Å². The number of hydrogen-bond acceptors (Lipinski definition) is 7. The second kappa shape index (κ2) is 77.6. The molecule has 0 rings (SSSR count). The predicted molar refractivity (Wildman–Crippen MR) is 428 cm³/mol. The van der Waals surface area contributed by atoms with Gasteiger partial charge in [-0.2, -0.15) is 0 Å². The van der Waals surface area contributed by atoms with E-state index in [1.54, 1.807) is 0 Å². The number of carbonyl (C=O) groups is 3. The van der Waals surface area contributed by atoms with E-state index in [1.165, 1.54) is 96.3 Å². The van der Waals surface area contributed by atoms with Crippen LogP contribution in [0.15, 0.2) is 207 Å². The molecular formula is C90H144NO8+. The molecule has 0 amide bonds. The molecule has 556 valence electrons. The number of nitrogens with zero attached hydrogens (tertiary/aromatic N) is 1. The van der Waals surface area contributed by atoms with Crippen molar-refractivity contribution in [1.82, 2.24) is 0 Å². The monoisotopic (exact) mass is 1370 g/mol. The van der Waals surface area contributed by atoms with Crippen LogP contribution < -0.4 is 0 Å². The van der Waals surface area contributed by atoms with E-state index in [-0.39, 0.29) is 38.6 Å². The molecule has 0 saturated carbocycles. The number of hydrogen-bond donors (Lipinski definition) is 1. The van der Waals surface area contributed by atoms with Gasteiger partial charge in [-0.25, -0.2) is 4.79 Å². The molecule has 0 fully saturated rings. The molecule has 0 aliphatic heterocycles. The van der Waals surface area contributed by atoms with Crippen LogP contribution in [0.1, 0.15) is 284 Å². The van der Waals surface area contributed by atoms with E-state index >= 15 is 0 Å². The summed E-state index contributed by atoms with van der Waals surface area (Å²) in [6, 6.07) is 0. The van der Waals surface area contributed by atoms with Crippen molar-refractivity contribution in [2.75, 3.05) is 47.5 Å². The average Bonchev–Trinajstić information content (AvgIpc) is 2.62. The minimum Gasteiger partial charge on any atom is -0.477 e. The molecule has 0 aliphatic rings. The lowest BCUT2D eigenvalue weighted by Gasteiger charge is -2.25. The Balaban J connectivity index is 4.18. The molecule has 2 unspecified atom stereocenters. The lowest BCUT2D eigenvalue weighted by atomic mass is 10.0. The molecule has 0 heterocycles. The van der Waals surface area contributed by atoms with Crippen molar-refractivity contribution in [2.24, 2.45) is 0 Å². The van der Waals surface area contributed by atoms with Gasteiger partial charge in [0.05, 0.1) is 34.4 Å². The molecule has 2 atom stereocenters. The third-order valence-electron chi connectivity index (χ3n) is 16.0. The number of quaternary nitrogens is 1. The fraction of sp³-hybridized carbons (Fsp3) is 0.589. The lowest BCUT2D eigenvalue weighted by Crippen LogP contribution is -2.40. The molecule has 0 aliphatic carbocycles. The van der Waals surface area contributed by atoms with Gasteiger partial charge in [-0.15, -0.1) is 0 Å². The van der Waals surface area contributed by atoms with E-state index in [9.17, 15) is 19.5 Å². The number of carboxylic acid groups (broad SMARTS) is 1. The van der Waals surface area contributed by atoms with Gasteiger partial charge in [0.2, 0.25) is 0 Å². The van der Waals surface area contributed by atoms with E-state index < -0.39 is 24.3 Å². The van der Waals surface area contributed by atoms with Crippen LogP contribution in [0.3, 0.4) is 0 Å². The van der Waals surface area contributed by atoms with Crippen molar-refractivity contribution < 1.29 is 42.9 Å². The van der Waals surface area contributed by atoms with Crippen LogP contribution in [-0.2, 0) is 33.3 Å². The Labute approximate surface area is 607 Å². The Morgan fingerprint density at radius 2 is 0.545 bits per heavy atom. The SMILES string of the molecule is CC/C=C\C/C=C\C/C=C\C/C=C\C/C=C\C/C=C\C/C=C\C/C=C\C/C=C\C/C=C\C/C=C\C/C=C\CCCCCCC(=O)OC(COC(=O)CCCCCCCCCCCCCCCCCCC/C=C\C/C=C\C/C=C\C/C=C\C/C=C\CC)COC(OCC[N+](C)(C)C)C(=O)O. The number of carbonyl (C=O) groups excluding carboxylic acids is 2. The second-order valence-corrected chi connectivity index (χ2v) is 26.6.